The lowest BCUT2D eigenvalue weighted by Crippen LogP contribution is -2.39. The molecular weight excluding hydrogens is 526 g/mol. The van der Waals surface area contributed by atoms with E-state index < -0.39 is 5.91 Å². The molecule has 13 heteroatoms. The van der Waals surface area contributed by atoms with Crippen LogP contribution < -0.4 is 26.2 Å². The SMILES string of the molecule is CC(C)n1c(=O)c(OCCC(N)=O)cc2cc(Nc3nc(N4CCC(C5OCCO5)CC4)ncc3Cl)cnc21. The number of nitrogens with two attached hydrogens (primary N) is 1. The van der Waals surface area contributed by atoms with Gasteiger partial charge < -0.3 is 30.2 Å². The van der Waals surface area contributed by atoms with Crippen molar-refractivity contribution in [3.05, 3.63) is 39.9 Å². The van der Waals surface area contributed by atoms with Gasteiger partial charge in [0, 0.05) is 30.4 Å². The zero-order valence-electron chi connectivity index (χ0n) is 21.9. The number of anilines is 3. The van der Waals surface area contributed by atoms with Crippen molar-refractivity contribution in [1.82, 2.24) is 19.5 Å². The Bertz CT molecular complexity index is 1400. The van der Waals surface area contributed by atoms with Gasteiger partial charge in [0.05, 0.1) is 44.3 Å². The molecule has 1 amide bonds. The molecule has 2 aliphatic heterocycles. The van der Waals surface area contributed by atoms with Crippen LogP contribution >= 0.6 is 11.6 Å². The molecule has 3 aromatic heterocycles. The molecule has 3 N–H and O–H groups in total. The zero-order valence-corrected chi connectivity index (χ0v) is 22.7. The Balaban J connectivity index is 1.36. The highest BCUT2D eigenvalue weighted by atomic mass is 35.5. The van der Waals surface area contributed by atoms with Crippen LogP contribution in [0, 0.1) is 5.92 Å². The highest BCUT2D eigenvalue weighted by Crippen LogP contribution is 2.30. The van der Waals surface area contributed by atoms with Crippen molar-refractivity contribution in [1.29, 1.82) is 0 Å². The number of amides is 1. The number of fused-ring (bicyclic) bond motifs is 1. The van der Waals surface area contributed by atoms with Crippen molar-refractivity contribution in [3.8, 4) is 5.75 Å². The molecule has 2 aliphatic rings. The average Bonchev–Trinajstić information content (AvgIpc) is 3.45. The lowest BCUT2D eigenvalue weighted by atomic mass is 9.96. The van der Waals surface area contributed by atoms with Gasteiger partial charge in [0.1, 0.15) is 10.7 Å². The Labute approximate surface area is 230 Å². The van der Waals surface area contributed by atoms with Gasteiger partial charge in [-0.3, -0.25) is 14.2 Å². The van der Waals surface area contributed by atoms with Gasteiger partial charge in [-0.1, -0.05) is 11.6 Å². The number of piperidine rings is 1. The maximum atomic E-state index is 13.0. The van der Waals surface area contributed by atoms with Crippen LogP contribution in [0.5, 0.6) is 5.75 Å². The third-order valence-electron chi connectivity index (χ3n) is 6.81. The third kappa shape index (κ3) is 6.07. The molecule has 5 rings (SSSR count). The Morgan fingerprint density at radius 2 is 1.95 bits per heavy atom. The van der Waals surface area contributed by atoms with E-state index in [4.69, 9.17) is 31.5 Å². The number of primary amides is 1. The van der Waals surface area contributed by atoms with E-state index >= 15 is 0 Å². The molecule has 0 aromatic carbocycles. The largest absolute Gasteiger partial charge is 0.487 e. The smallest absolute Gasteiger partial charge is 0.294 e. The number of hydrogen-bond donors (Lipinski definition) is 2. The first-order chi connectivity index (χ1) is 18.8. The fraction of sp³-hybridized carbons (Fsp3) is 0.500. The lowest BCUT2D eigenvalue weighted by Gasteiger charge is -2.33. The number of hydrogen-bond acceptors (Lipinski definition) is 10. The summed E-state index contributed by atoms with van der Waals surface area (Å²) < 4.78 is 18.5. The number of halogens is 1. The molecule has 0 bridgehead atoms. The van der Waals surface area contributed by atoms with Crippen LogP contribution in [0.3, 0.4) is 0 Å². The van der Waals surface area contributed by atoms with E-state index in [1.165, 1.54) is 0 Å². The maximum Gasteiger partial charge on any atom is 0.294 e. The molecular formula is C26H32ClN7O5. The van der Waals surface area contributed by atoms with Crippen molar-refractivity contribution >= 4 is 46.0 Å². The first kappa shape index (κ1) is 27.1. The summed E-state index contributed by atoms with van der Waals surface area (Å²) in [4.78, 5) is 39.9. The van der Waals surface area contributed by atoms with E-state index in [-0.39, 0.29) is 36.7 Å². The van der Waals surface area contributed by atoms with Crippen LogP contribution in [0.2, 0.25) is 5.02 Å². The van der Waals surface area contributed by atoms with Crippen molar-refractivity contribution in [2.75, 3.05) is 43.1 Å². The van der Waals surface area contributed by atoms with Crippen LogP contribution in [0.25, 0.3) is 11.0 Å². The van der Waals surface area contributed by atoms with Gasteiger partial charge in [0.2, 0.25) is 11.9 Å². The minimum atomic E-state index is -0.504. The molecule has 5 heterocycles. The van der Waals surface area contributed by atoms with Crippen molar-refractivity contribution in [2.24, 2.45) is 11.7 Å². The molecule has 0 radical (unpaired) electrons. The molecule has 208 valence electrons. The van der Waals surface area contributed by atoms with Gasteiger partial charge >= 0.3 is 0 Å². The number of pyridine rings is 2. The Hall–Kier alpha value is -3.48. The summed E-state index contributed by atoms with van der Waals surface area (Å²) in [6.45, 7) is 6.68. The predicted molar refractivity (Wildman–Crippen MR) is 147 cm³/mol. The molecule has 3 aromatic rings. The van der Waals surface area contributed by atoms with Crippen LogP contribution in [-0.4, -0.2) is 64.6 Å². The number of nitrogens with one attached hydrogen (secondary N) is 1. The average molecular weight is 558 g/mol. The molecule has 39 heavy (non-hydrogen) atoms. The zero-order chi connectivity index (χ0) is 27.5. The lowest BCUT2D eigenvalue weighted by molar-refractivity contribution is -0.118. The predicted octanol–water partition coefficient (Wildman–Crippen LogP) is 3.01. The Morgan fingerprint density at radius 3 is 2.64 bits per heavy atom. The molecule has 12 nitrogen and oxygen atoms in total. The monoisotopic (exact) mass is 557 g/mol. The number of carbonyl (C=O) groups is 1. The van der Waals surface area contributed by atoms with E-state index in [0.29, 0.717) is 52.6 Å². The standard InChI is InChI=1S/C26H32ClN7O5/c1-15(2)34-23-17(12-20(24(34)36)37-8-5-21(28)35)11-18(13-29-23)31-22-19(27)14-30-26(32-22)33-6-3-16(4-7-33)25-38-9-10-39-25/h11-16,25H,3-10H2,1-2H3,(H2,28,35)(H,30,31,32). The molecule has 0 unspecified atom stereocenters. The number of rotatable bonds is 9. The minimum absolute atomic E-state index is 0.00730. The molecule has 0 spiro atoms. The van der Waals surface area contributed by atoms with Crippen LogP contribution in [-0.2, 0) is 14.3 Å². The first-order valence-corrected chi connectivity index (χ1v) is 13.4. The number of ether oxygens (including phenoxy) is 3. The summed E-state index contributed by atoms with van der Waals surface area (Å²) in [5.41, 5.74) is 6.01. The van der Waals surface area contributed by atoms with Gasteiger partial charge in [-0.25, -0.2) is 9.97 Å². The Kier molecular flexibility index (Phi) is 8.15. The fourth-order valence-electron chi connectivity index (χ4n) is 4.87. The van der Waals surface area contributed by atoms with Gasteiger partial charge in [-0.15, -0.1) is 0 Å². The number of nitrogens with zero attached hydrogens (tertiary/aromatic N) is 5. The molecule has 2 fully saturated rings. The van der Waals surface area contributed by atoms with Gasteiger partial charge in [0.15, 0.2) is 17.9 Å². The second-order valence-corrected chi connectivity index (χ2v) is 10.3. The molecule has 2 saturated heterocycles. The normalized spacial score (nSPS) is 16.8. The Morgan fingerprint density at radius 1 is 1.21 bits per heavy atom. The van der Waals surface area contributed by atoms with E-state index in [2.05, 4.69) is 25.2 Å². The van der Waals surface area contributed by atoms with E-state index in [9.17, 15) is 9.59 Å². The number of aromatic nitrogens is 4. The van der Waals surface area contributed by atoms with Crippen LogP contribution in [0.4, 0.5) is 17.5 Å². The summed E-state index contributed by atoms with van der Waals surface area (Å²) >= 11 is 6.45. The first-order valence-electron chi connectivity index (χ1n) is 13.0. The second kappa shape index (κ2) is 11.7. The summed E-state index contributed by atoms with van der Waals surface area (Å²) in [6, 6.07) is 3.29. The summed E-state index contributed by atoms with van der Waals surface area (Å²) in [6.07, 6.45) is 4.95. The molecule has 0 atom stereocenters. The third-order valence-corrected chi connectivity index (χ3v) is 7.09. The van der Waals surface area contributed by atoms with Crippen molar-refractivity contribution < 1.29 is 19.0 Å². The number of carbonyl (C=O) groups excluding carboxylic acids is 1. The maximum absolute atomic E-state index is 13.0. The summed E-state index contributed by atoms with van der Waals surface area (Å²) in [5.74, 6) is 1.01. The van der Waals surface area contributed by atoms with E-state index in [1.807, 2.05) is 19.9 Å². The quantitative estimate of drug-likeness (QED) is 0.402. The highest BCUT2D eigenvalue weighted by Gasteiger charge is 2.31. The van der Waals surface area contributed by atoms with Gasteiger partial charge in [-0.2, -0.15) is 4.98 Å². The fourth-order valence-corrected chi connectivity index (χ4v) is 5.01. The van der Waals surface area contributed by atoms with E-state index in [0.717, 1.165) is 25.9 Å². The van der Waals surface area contributed by atoms with Crippen molar-refractivity contribution in [3.63, 3.8) is 0 Å². The van der Waals surface area contributed by atoms with E-state index in [1.54, 1.807) is 23.0 Å². The van der Waals surface area contributed by atoms with Crippen LogP contribution in [0.1, 0.15) is 39.2 Å². The van der Waals surface area contributed by atoms with Crippen molar-refractivity contribution in [2.45, 2.75) is 45.4 Å². The summed E-state index contributed by atoms with van der Waals surface area (Å²) in [5, 5.41) is 4.27. The second-order valence-electron chi connectivity index (χ2n) is 9.91. The molecule has 0 aliphatic carbocycles. The van der Waals surface area contributed by atoms with Gasteiger partial charge in [-0.05, 0) is 38.8 Å². The van der Waals surface area contributed by atoms with Crippen LogP contribution in [0.15, 0.2) is 29.3 Å². The summed E-state index contributed by atoms with van der Waals surface area (Å²) in [7, 11) is 0. The topological polar surface area (TPSA) is 147 Å². The highest BCUT2D eigenvalue weighted by molar-refractivity contribution is 6.32. The van der Waals surface area contributed by atoms with Gasteiger partial charge in [0.25, 0.3) is 5.56 Å². The molecule has 0 saturated carbocycles. The minimum Gasteiger partial charge on any atom is -0.487 e.